The van der Waals surface area contributed by atoms with E-state index in [2.05, 4.69) is 0 Å². The minimum atomic E-state index is -0.625. The summed E-state index contributed by atoms with van der Waals surface area (Å²) in [5, 5.41) is 0. The number of aryl methyl sites for hydroxylation is 1. The number of anilines is 1. The lowest BCUT2D eigenvalue weighted by Crippen LogP contribution is -2.11. The molecule has 0 aromatic heterocycles. The maximum atomic E-state index is 13.6. The summed E-state index contributed by atoms with van der Waals surface area (Å²) in [4.78, 5) is 11.6. The maximum Gasteiger partial charge on any atom is 0.341 e. The maximum absolute atomic E-state index is 13.6. The molecule has 1 aliphatic carbocycles. The Bertz CT molecular complexity index is 427. The summed E-state index contributed by atoms with van der Waals surface area (Å²) in [6.45, 7) is 1.95. The fourth-order valence-corrected chi connectivity index (χ4v) is 1.50. The van der Waals surface area contributed by atoms with Crippen molar-refractivity contribution >= 4 is 11.7 Å². The number of hydrogen-bond donors (Lipinski definition) is 1. The molecule has 4 heteroatoms. The molecule has 1 aromatic carbocycles. The third-order valence-electron chi connectivity index (χ3n) is 2.64. The third-order valence-corrected chi connectivity index (χ3v) is 2.64. The number of carbonyl (C=O) groups excluding carboxylic acids is 1. The Hall–Kier alpha value is -1.58. The fourth-order valence-electron chi connectivity index (χ4n) is 1.50. The third kappa shape index (κ3) is 2.32. The van der Waals surface area contributed by atoms with Gasteiger partial charge in [0.25, 0.3) is 0 Å². The van der Waals surface area contributed by atoms with Gasteiger partial charge in [0.05, 0.1) is 12.2 Å². The van der Waals surface area contributed by atoms with E-state index in [4.69, 9.17) is 10.5 Å². The lowest BCUT2D eigenvalue weighted by atomic mass is 10.1. The van der Waals surface area contributed by atoms with Crippen LogP contribution in [-0.4, -0.2) is 12.6 Å². The minimum Gasteiger partial charge on any atom is -0.462 e. The molecule has 0 saturated heterocycles. The number of benzene rings is 1. The highest BCUT2D eigenvalue weighted by Crippen LogP contribution is 2.29. The van der Waals surface area contributed by atoms with E-state index in [0.717, 1.165) is 12.8 Å². The van der Waals surface area contributed by atoms with Crippen LogP contribution in [0.3, 0.4) is 0 Å². The Morgan fingerprint density at radius 1 is 1.56 bits per heavy atom. The summed E-state index contributed by atoms with van der Waals surface area (Å²) in [6, 6.07) is 2.81. The number of rotatable bonds is 3. The molecular weight excluding hydrogens is 209 g/mol. The zero-order valence-electron chi connectivity index (χ0n) is 9.13. The van der Waals surface area contributed by atoms with Crippen molar-refractivity contribution in [1.82, 2.24) is 0 Å². The van der Waals surface area contributed by atoms with Crippen LogP contribution in [0.15, 0.2) is 12.1 Å². The van der Waals surface area contributed by atoms with Gasteiger partial charge >= 0.3 is 5.97 Å². The molecule has 0 spiro atoms. The average Bonchev–Trinajstić information content (AvgIpc) is 3.03. The highest BCUT2D eigenvalue weighted by molar-refractivity contribution is 5.91. The zero-order valence-corrected chi connectivity index (χ0v) is 9.13. The molecule has 1 aromatic rings. The van der Waals surface area contributed by atoms with E-state index in [9.17, 15) is 9.18 Å². The number of halogens is 1. The van der Waals surface area contributed by atoms with Crippen LogP contribution >= 0.6 is 0 Å². The second-order valence-electron chi connectivity index (χ2n) is 4.24. The highest BCUT2D eigenvalue weighted by Gasteiger charge is 2.24. The van der Waals surface area contributed by atoms with Crippen LogP contribution in [0.1, 0.15) is 28.8 Å². The molecule has 1 saturated carbocycles. The van der Waals surface area contributed by atoms with E-state index in [1.807, 2.05) is 0 Å². The molecule has 16 heavy (non-hydrogen) atoms. The first-order valence-corrected chi connectivity index (χ1v) is 5.30. The Kier molecular flexibility index (Phi) is 2.81. The van der Waals surface area contributed by atoms with Gasteiger partial charge in [-0.15, -0.1) is 0 Å². The molecule has 0 aliphatic heterocycles. The second kappa shape index (κ2) is 4.12. The van der Waals surface area contributed by atoms with E-state index in [1.165, 1.54) is 12.1 Å². The molecule has 1 fully saturated rings. The van der Waals surface area contributed by atoms with E-state index >= 15 is 0 Å². The Morgan fingerprint density at radius 2 is 2.25 bits per heavy atom. The Labute approximate surface area is 93.4 Å². The van der Waals surface area contributed by atoms with Gasteiger partial charge in [0.2, 0.25) is 0 Å². The predicted octanol–water partition coefficient (Wildman–Crippen LogP) is 2.28. The van der Waals surface area contributed by atoms with Gasteiger partial charge in [-0.2, -0.15) is 0 Å². The van der Waals surface area contributed by atoms with Crippen molar-refractivity contribution in [3.05, 3.63) is 29.1 Å². The zero-order chi connectivity index (χ0) is 11.7. The molecule has 0 amide bonds. The van der Waals surface area contributed by atoms with Crippen molar-refractivity contribution in [3.8, 4) is 0 Å². The van der Waals surface area contributed by atoms with Gasteiger partial charge in [0.1, 0.15) is 5.82 Å². The monoisotopic (exact) mass is 223 g/mol. The SMILES string of the molecule is Cc1cc(N)cc(C(=O)OCC2CC2)c1F. The Balaban J connectivity index is 2.14. The van der Waals surface area contributed by atoms with E-state index in [-0.39, 0.29) is 5.56 Å². The summed E-state index contributed by atoms with van der Waals surface area (Å²) in [5.74, 6) is -0.705. The molecule has 0 radical (unpaired) electrons. The molecule has 0 bridgehead atoms. The van der Waals surface area contributed by atoms with E-state index in [1.54, 1.807) is 6.92 Å². The average molecular weight is 223 g/mol. The van der Waals surface area contributed by atoms with Gasteiger partial charge in [-0.25, -0.2) is 9.18 Å². The molecule has 3 nitrogen and oxygen atoms in total. The van der Waals surface area contributed by atoms with Gasteiger partial charge < -0.3 is 10.5 Å². The summed E-state index contributed by atoms with van der Waals surface area (Å²) in [6.07, 6.45) is 2.18. The van der Waals surface area contributed by atoms with Crippen molar-refractivity contribution in [2.45, 2.75) is 19.8 Å². The van der Waals surface area contributed by atoms with Crippen LogP contribution < -0.4 is 5.73 Å². The van der Waals surface area contributed by atoms with Crippen LogP contribution in [-0.2, 0) is 4.74 Å². The van der Waals surface area contributed by atoms with Gasteiger partial charge in [0, 0.05) is 5.69 Å². The van der Waals surface area contributed by atoms with Gasteiger partial charge in [-0.1, -0.05) is 0 Å². The first-order valence-electron chi connectivity index (χ1n) is 5.30. The molecular formula is C12H14FNO2. The van der Waals surface area contributed by atoms with Crippen LogP contribution in [0.2, 0.25) is 0 Å². The smallest absolute Gasteiger partial charge is 0.341 e. The number of ether oxygens (including phenoxy) is 1. The fraction of sp³-hybridized carbons (Fsp3) is 0.417. The topological polar surface area (TPSA) is 52.3 Å². The highest BCUT2D eigenvalue weighted by atomic mass is 19.1. The lowest BCUT2D eigenvalue weighted by Gasteiger charge is -2.07. The summed E-state index contributed by atoms with van der Waals surface area (Å²) in [7, 11) is 0. The minimum absolute atomic E-state index is 0.0712. The summed E-state index contributed by atoms with van der Waals surface area (Å²) < 4.78 is 18.6. The van der Waals surface area contributed by atoms with Crippen molar-refractivity contribution in [1.29, 1.82) is 0 Å². The number of esters is 1. The van der Waals surface area contributed by atoms with Gasteiger partial charge in [-0.05, 0) is 43.4 Å². The molecule has 1 aliphatic rings. The van der Waals surface area contributed by atoms with Gasteiger partial charge in [-0.3, -0.25) is 0 Å². The molecule has 0 heterocycles. The van der Waals surface area contributed by atoms with E-state index < -0.39 is 11.8 Å². The van der Waals surface area contributed by atoms with Crippen LogP contribution in [0.25, 0.3) is 0 Å². The van der Waals surface area contributed by atoms with Crippen molar-refractivity contribution in [3.63, 3.8) is 0 Å². The molecule has 0 atom stereocenters. The number of nitrogens with two attached hydrogens (primary N) is 1. The van der Waals surface area contributed by atoms with Crippen LogP contribution in [0, 0.1) is 18.7 Å². The number of nitrogen functional groups attached to an aromatic ring is 1. The van der Waals surface area contributed by atoms with Crippen LogP contribution in [0.4, 0.5) is 10.1 Å². The van der Waals surface area contributed by atoms with Crippen molar-refractivity contribution < 1.29 is 13.9 Å². The largest absolute Gasteiger partial charge is 0.462 e. The Morgan fingerprint density at radius 3 is 2.88 bits per heavy atom. The van der Waals surface area contributed by atoms with Crippen molar-refractivity contribution in [2.75, 3.05) is 12.3 Å². The number of hydrogen-bond acceptors (Lipinski definition) is 3. The van der Waals surface area contributed by atoms with Crippen LogP contribution in [0.5, 0.6) is 0 Å². The molecule has 86 valence electrons. The molecule has 2 N–H and O–H groups in total. The lowest BCUT2D eigenvalue weighted by molar-refractivity contribution is 0.0480. The van der Waals surface area contributed by atoms with E-state index in [0.29, 0.717) is 23.8 Å². The second-order valence-corrected chi connectivity index (χ2v) is 4.24. The standard InChI is InChI=1S/C12H14FNO2/c1-7-4-9(14)5-10(11(7)13)12(15)16-6-8-2-3-8/h4-5,8H,2-3,6,14H2,1H3. The summed E-state index contributed by atoms with van der Waals surface area (Å²) in [5.41, 5.74) is 6.22. The summed E-state index contributed by atoms with van der Waals surface area (Å²) >= 11 is 0. The molecule has 2 rings (SSSR count). The first-order chi connectivity index (χ1) is 7.58. The van der Waals surface area contributed by atoms with Gasteiger partial charge in [0.15, 0.2) is 0 Å². The predicted molar refractivity (Wildman–Crippen MR) is 58.6 cm³/mol. The molecule has 0 unspecified atom stereocenters. The first kappa shape index (κ1) is 10.9. The quantitative estimate of drug-likeness (QED) is 0.631. The van der Waals surface area contributed by atoms with Crippen molar-refractivity contribution in [2.24, 2.45) is 5.92 Å². The normalized spacial score (nSPS) is 14.9. The number of carbonyl (C=O) groups is 1.